The lowest BCUT2D eigenvalue weighted by atomic mass is 10.0. The third kappa shape index (κ3) is 4.51. The van der Waals surface area contributed by atoms with Crippen LogP contribution in [0.4, 0.5) is 13.2 Å². The van der Waals surface area contributed by atoms with Crippen molar-refractivity contribution < 1.29 is 22.6 Å². The van der Waals surface area contributed by atoms with Gasteiger partial charge in [-0.3, -0.25) is 4.79 Å². The van der Waals surface area contributed by atoms with Crippen LogP contribution in [0.3, 0.4) is 0 Å². The standard InChI is InChI=1S/C20H20F3N3O3/c1-11(12-5-4-6-13(7-12)20(21,22)23)24-10-18-25-15-9-17(29-3)16(28-2)8-14(15)19(27)26-18/h4-9,11,24H,10H2,1-3H3,(H,25,26,27)/t11-/m1/s1. The van der Waals surface area contributed by atoms with Gasteiger partial charge >= 0.3 is 6.18 Å². The molecule has 9 heteroatoms. The lowest BCUT2D eigenvalue weighted by Gasteiger charge is -2.16. The van der Waals surface area contributed by atoms with Crippen LogP contribution in [0.5, 0.6) is 11.5 Å². The number of halogens is 3. The van der Waals surface area contributed by atoms with Crippen LogP contribution in [0.1, 0.15) is 29.9 Å². The van der Waals surface area contributed by atoms with Gasteiger partial charge in [0.25, 0.3) is 5.56 Å². The number of aromatic amines is 1. The minimum atomic E-state index is -4.40. The van der Waals surface area contributed by atoms with Crippen LogP contribution in [0.15, 0.2) is 41.2 Å². The summed E-state index contributed by atoms with van der Waals surface area (Å²) in [6, 6.07) is 7.87. The maximum atomic E-state index is 12.9. The van der Waals surface area contributed by atoms with Crippen LogP contribution in [0.25, 0.3) is 10.9 Å². The highest BCUT2D eigenvalue weighted by molar-refractivity contribution is 5.81. The fourth-order valence-corrected chi connectivity index (χ4v) is 2.95. The average Bonchev–Trinajstić information content (AvgIpc) is 2.70. The molecule has 0 saturated carbocycles. The van der Waals surface area contributed by atoms with E-state index in [0.717, 1.165) is 12.1 Å². The molecule has 0 bridgehead atoms. The molecule has 0 aliphatic rings. The first-order chi connectivity index (χ1) is 13.7. The van der Waals surface area contributed by atoms with Gasteiger partial charge in [0.1, 0.15) is 5.82 Å². The molecule has 1 aromatic heterocycles. The number of benzene rings is 2. The van der Waals surface area contributed by atoms with E-state index in [-0.39, 0.29) is 18.1 Å². The highest BCUT2D eigenvalue weighted by Gasteiger charge is 2.30. The van der Waals surface area contributed by atoms with Gasteiger partial charge in [-0.25, -0.2) is 4.98 Å². The van der Waals surface area contributed by atoms with Crippen molar-refractivity contribution in [3.63, 3.8) is 0 Å². The number of H-pyrrole nitrogens is 1. The number of methoxy groups -OCH3 is 2. The van der Waals surface area contributed by atoms with Crippen LogP contribution < -0.4 is 20.3 Å². The van der Waals surface area contributed by atoms with E-state index in [9.17, 15) is 18.0 Å². The second-order valence-electron chi connectivity index (χ2n) is 6.46. The molecule has 0 aliphatic carbocycles. The number of hydrogen-bond acceptors (Lipinski definition) is 5. The first-order valence-electron chi connectivity index (χ1n) is 8.78. The molecule has 0 aliphatic heterocycles. The van der Waals surface area contributed by atoms with Gasteiger partial charge in [-0.1, -0.05) is 12.1 Å². The summed E-state index contributed by atoms with van der Waals surface area (Å²) in [4.78, 5) is 19.5. The van der Waals surface area contributed by atoms with Crippen molar-refractivity contribution in [1.29, 1.82) is 0 Å². The third-order valence-corrected chi connectivity index (χ3v) is 4.55. The fraction of sp³-hybridized carbons (Fsp3) is 0.300. The highest BCUT2D eigenvalue weighted by atomic mass is 19.4. The number of fused-ring (bicyclic) bond motifs is 1. The van der Waals surface area contributed by atoms with Crippen LogP contribution in [-0.4, -0.2) is 24.2 Å². The van der Waals surface area contributed by atoms with Gasteiger partial charge < -0.3 is 19.8 Å². The highest BCUT2D eigenvalue weighted by Crippen LogP contribution is 2.31. The largest absolute Gasteiger partial charge is 0.493 e. The van der Waals surface area contributed by atoms with Gasteiger partial charge in [0.05, 0.1) is 37.2 Å². The fourth-order valence-electron chi connectivity index (χ4n) is 2.95. The van der Waals surface area contributed by atoms with Gasteiger partial charge in [-0.05, 0) is 30.7 Å². The zero-order valence-corrected chi connectivity index (χ0v) is 16.1. The number of hydrogen-bond donors (Lipinski definition) is 2. The molecular weight excluding hydrogens is 387 g/mol. The summed E-state index contributed by atoms with van der Waals surface area (Å²) < 4.78 is 49.1. The van der Waals surface area contributed by atoms with Crippen molar-refractivity contribution in [2.75, 3.05) is 14.2 Å². The second-order valence-corrected chi connectivity index (χ2v) is 6.46. The van der Waals surface area contributed by atoms with Crippen molar-refractivity contribution in [2.45, 2.75) is 25.7 Å². The smallest absolute Gasteiger partial charge is 0.416 e. The van der Waals surface area contributed by atoms with E-state index in [1.165, 1.54) is 20.3 Å². The quantitative estimate of drug-likeness (QED) is 0.650. The minimum absolute atomic E-state index is 0.164. The van der Waals surface area contributed by atoms with Crippen molar-refractivity contribution >= 4 is 10.9 Å². The average molecular weight is 407 g/mol. The maximum Gasteiger partial charge on any atom is 0.416 e. The predicted octanol–water partition coefficient (Wildman–Crippen LogP) is 3.81. The third-order valence-electron chi connectivity index (χ3n) is 4.55. The number of alkyl halides is 3. The molecule has 29 heavy (non-hydrogen) atoms. The minimum Gasteiger partial charge on any atom is -0.493 e. The molecule has 0 saturated heterocycles. The van der Waals surface area contributed by atoms with Crippen molar-refractivity contribution in [3.05, 3.63) is 63.7 Å². The van der Waals surface area contributed by atoms with Gasteiger partial charge in [0.2, 0.25) is 0 Å². The van der Waals surface area contributed by atoms with E-state index >= 15 is 0 Å². The Morgan fingerprint density at radius 3 is 2.48 bits per heavy atom. The van der Waals surface area contributed by atoms with E-state index in [1.54, 1.807) is 25.1 Å². The first kappa shape index (κ1) is 20.7. The van der Waals surface area contributed by atoms with Gasteiger partial charge in [-0.2, -0.15) is 13.2 Å². The Hall–Kier alpha value is -3.07. The number of aromatic nitrogens is 2. The Labute approximate surface area is 164 Å². The molecule has 2 N–H and O–H groups in total. The molecule has 1 heterocycles. The van der Waals surface area contributed by atoms with E-state index in [4.69, 9.17) is 9.47 Å². The van der Waals surface area contributed by atoms with E-state index in [1.807, 2.05) is 0 Å². The van der Waals surface area contributed by atoms with Crippen molar-refractivity contribution in [1.82, 2.24) is 15.3 Å². The Morgan fingerprint density at radius 2 is 1.83 bits per heavy atom. The molecule has 3 rings (SSSR count). The number of nitrogens with one attached hydrogen (secondary N) is 2. The van der Waals surface area contributed by atoms with E-state index in [2.05, 4.69) is 15.3 Å². The van der Waals surface area contributed by atoms with E-state index in [0.29, 0.717) is 33.8 Å². The Balaban J connectivity index is 1.83. The van der Waals surface area contributed by atoms with Crippen LogP contribution >= 0.6 is 0 Å². The molecule has 0 amide bonds. The normalized spacial score (nSPS) is 12.8. The summed E-state index contributed by atoms with van der Waals surface area (Å²) in [5.74, 6) is 1.21. The van der Waals surface area contributed by atoms with Crippen molar-refractivity contribution in [3.8, 4) is 11.5 Å². The van der Waals surface area contributed by atoms with Gasteiger partial charge in [0.15, 0.2) is 11.5 Å². The zero-order valence-electron chi connectivity index (χ0n) is 16.1. The summed E-state index contributed by atoms with van der Waals surface area (Å²) >= 11 is 0. The van der Waals surface area contributed by atoms with Crippen LogP contribution in [0.2, 0.25) is 0 Å². The van der Waals surface area contributed by atoms with Crippen LogP contribution in [0, 0.1) is 0 Å². The summed E-state index contributed by atoms with van der Waals surface area (Å²) in [6.07, 6.45) is -4.40. The molecule has 6 nitrogen and oxygen atoms in total. The summed E-state index contributed by atoms with van der Waals surface area (Å²) in [6.45, 7) is 1.90. The molecule has 2 aromatic carbocycles. The zero-order chi connectivity index (χ0) is 21.2. The van der Waals surface area contributed by atoms with Crippen LogP contribution in [-0.2, 0) is 12.7 Å². The molecule has 3 aromatic rings. The monoisotopic (exact) mass is 407 g/mol. The Morgan fingerprint density at radius 1 is 1.14 bits per heavy atom. The topological polar surface area (TPSA) is 76.2 Å². The molecule has 1 atom stereocenters. The molecular formula is C20H20F3N3O3. The van der Waals surface area contributed by atoms with E-state index < -0.39 is 11.7 Å². The Bertz CT molecular complexity index is 1080. The summed E-state index contributed by atoms with van der Waals surface area (Å²) in [5, 5.41) is 3.43. The number of ether oxygens (including phenoxy) is 2. The summed E-state index contributed by atoms with van der Waals surface area (Å²) in [5.41, 5.74) is -0.148. The molecule has 0 unspecified atom stereocenters. The van der Waals surface area contributed by atoms with Gasteiger partial charge in [0, 0.05) is 12.1 Å². The van der Waals surface area contributed by atoms with Crippen molar-refractivity contribution in [2.24, 2.45) is 0 Å². The van der Waals surface area contributed by atoms with Gasteiger partial charge in [-0.15, -0.1) is 0 Å². The number of rotatable bonds is 6. The molecule has 0 spiro atoms. The maximum absolute atomic E-state index is 12.9. The first-order valence-corrected chi connectivity index (χ1v) is 8.78. The predicted molar refractivity (Wildman–Crippen MR) is 102 cm³/mol. The molecule has 154 valence electrons. The lowest BCUT2D eigenvalue weighted by molar-refractivity contribution is -0.137. The lowest BCUT2D eigenvalue weighted by Crippen LogP contribution is -2.22. The second kappa shape index (κ2) is 8.12. The molecule has 0 fully saturated rings. The number of nitrogens with zero attached hydrogens (tertiary/aromatic N) is 1. The molecule has 0 radical (unpaired) electrons. The summed E-state index contributed by atoms with van der Waals surface area (Å²) in [7, 11) is 2.95. The SMILES string of the molecule is COc1cc2nc(CN[C@H](C)c3cccc(C(F)(F)F)c3)[nH]c(=O)c2cc1OC. The Kier molecular flexibility index (Phi) is 5.78.